The lowest BCUT2D eigenvalue weighted by atomic mass is 10.2. The van der Waals surface area contributed by atoms with Crippen LogP contribution < -0.4 is 9.64 Å². The first-order valence-electron chi connectivity index (χ1n) is 9.32. The van der Waals surface area contributed by atoms with Crippen molar-refractivity contribution in [3.8, 4) is 5.75 Å². The van der Waals surface area contributed by atoms with Gasteiger partial charge in [0.05, 0.1) is 11.0 Å². The lowest BCUT2D eigenvalue weighted by Gasteiger charge is -2.36. The molecule has 0 saturated carbocycles. The van der Waals surface area contributed by atoms with E-state index in [0.29, 0.717) is 17.1 Å². The average molecular weight is 419 g/mol. The van der Waals surface area contributed by atoms with Crippen LogP contribution >= 0.6 is 23.8 Å². The van der Waals surface area contributed by atoms with Crippen LogP contribution in [-0.2, 0) is 0 Å². The number of nitrogens with one attached hydrogen (secondary N) is 2. The first-order chi connectivity index (χ1) is 13.6. The van der Waals surface area contributed by atoms with Crippen molar-refractivity contribution < 1.29 is 9.84 Å². The number of piperazine rings is 1. The van der Waals surface area contributed by atoms with Crippen LogP contribution in [0.2, 0.25) is 5.02 Å². The van der Waals surface area contributed by atoms with Gasteiger partial charge in [-0.25, -0.2) is 0 Å². The number of nitrogens with zero attached hydrogens (tertiary/aromatic N) is 2. The standard InChI is InChI=1S/C20H23ClN4O2S/c21-14-1-3-15(4-2-14)25-9-7-24(8-10-25)12-16(26)13-27-17-5-6-18-19(11-17)23-20(28)22-18/h1-6,11,16,26H,7-10,12-13H2,(H2,22,23,28). The number of benzene rings is 2. The summed E-state index contributed by atoms with van der Waals surface area (Å²) in [5.41, 5.74) is 3.03. The fourth-order valence-electron chi connectivity index (χ4n) is 3.49. The molecule has 1 aliphatic heterocycles. The van der Waals surface area contributed by atoms with Crippen LogP contribution in [0.3, 0.4) is 0 Å². The topological polar surface area (TPSA) is 67.5 Å². The molecule has 1 atom stereocenters. The minimum absolute atomic E-state index is 0.258. The van der Waals surface area contributed by atoms with Crippen molar-refractivity contribution in [2.24, 2.45) is 0 Å². The van der Waals surface area contributed by atoms with Gasteiger partial charge in [-0.1, -0.05) is 11.6 Å². The largest absolute Gasteiger partial charge is 0.491 e. The molecule has 1 aromatic heterocycles. The van der Waals surface area contributed by atoms with E-state index in [2.05, 4.69) is 19.8 Å². The van der Waals surface area contributed by atoms with Gasteiger partial charge in [0.2, 0.25) is 0 Å². The van der Waals surface area contributed by atoms with Gasteiger partial charge in [-0.2, -0.15) is 0 Å². The maximum absolute atomic E-state index is 10.4. The first kappa shape index (κ1) is 19.3. The molecule has 0 aliphatic carbocycles. The van der Waals surface area contributed by atoms with E-state index in [0.717, 1.165) is 42.2 Å². The fraction of sp³-hybridized carbons (Fsp3) is 0.350. The summed E-state index contributed by atoms with van der Waals surface area (Å²) >= 11 is 11.1. The Morgan fingerprint density at radius 2 is 1.75 bits per heavy atom. The normalized spacial score (nSPS) is 16.4. The zero-order valence-corrected chi connectivity index (χ0v) is 17.0. The Morgan fingerprint density at radius 3 is 2.50 bits per heavy atom. The summed E-state index contributed by atoms with van der Waals surface area (Å²) in [7, 11) is 0. The van der Waals surface area contributed by atoms with E-state index in [1.165, 1.54) is 5.69 Å². The number of β-amino-alcohol motifs (C(OH)–C–C–N with tert-alkyl or cyclic N) is 1. The van der Waals surface area contributed by atoms with Crippen LogP contribution in [0.1, 0.15) is 0 Å². The van der Waals surface area contributed by atoms with Crippen LogP contribution in [0.15, 0.2) is 42.5 Å². The molecular weight excluding hydrogens is 396 g/mol. The molecule has 0 spiro atoms. The predicted octanol–water partition coefficient (Wildman–Crippen LogP) is 3.44. The fourth-order valence-corrected chi connectivity index (χ4v) is 3.83. The average Bonchev–Trinajstić information content (AvgIpc) is 3.07. The molecule has 8 heteroatoms. The number of ether oxygens (including phenoxy) is 1. The van der Waals surface area contributed by atoms with Crippen molar-refractivity contribution in [1.29, 1.82) is 0 Å². The molecule has 1 fully saturated rings. The highest BCUT2D eigenvalue weighted by Gasteiger charge is 2.19. The van der Waals surface area contributed by atoms with E-state index in [4.69, 9.17) is 28.6 Å². The number of halogens is 1. The van der Waals surface area contributed by atoms with Gasteiger partial charge in [0, 0.05) is 49.5 Å². The van der Waals surface area contributed by atoms with Crippen LogP contribution in [0.4, 0.5) is 5.69 Å². The SMILES string of the molecule is OC(COc1ccc2[nH]c(=S)[nH]c2c1)CN1CCN(c2ccc(Cl)cc2)CC1. The molecule has 3 aromatic rings. The van der Waals surface area contributed by atoms with Crippen molar-refractivity contribution in [3.05, 3.63) is 52.3 Å². The molecule has 1 aliphatic rings. The van der Waals surface area contributed by atoms with Gasteiger partial charge in [-0.15, -0.1) is 0 Å². The minimum atomic E-state index is -0.539. The molecule has 2 heterocycles. The number of aliphatic hydroxyl groups excluding tert-OH is 1. The van der Waals surface area contributed by atoms with Crippen LogP contribution in [-0.4, -0.2) is 65.4 Å². The number of rotatable bonds is 6. The summed E-state index contributed by atoms with van der Waals surface area (Å²) in [4.78, 5) is 10.7. The highest BCUT2D eigenvalue weighted by molar-refractivity contribution is 7.71. The smallest absolute Gasteiger partial charge is 0.175 e. The van der Waals surface area contributed by atoms with E-state index in [1.807, 2.05) is 42.5 Å². The van der Waals surface area contributed by atoms with Crippen molar-refractivity contribution in [2.75, 3.05) is 44.2 Å². The van der Waals surface area contributed by atoms with Gasteiger partial charge in [0.15, 0.2) is 4.77 Å². The van der Waals surface area contributed by atoms with E-state index in [1.54, 1.807) is 0 Å². The quantitative estimate of drug-likeness (QED) is 0.535. The molecule has 1 unspecified atom stereocenters. The van der Waals surface area contributed by atoms with Gasteiger partial charge < -0.3 is 24.7 Å². The number of H-pyrrole nitrogens is 2. The number of aromatic amines is 2. The number of imidazole rings is 1. The molecule has 0 bridgehead atoms. The lowest BCUT2D eigenvalue weighted by Crippen LogP contribution is -2.49. The maximum atomic E-state index is 10.4. The van der Waals surface area contributed by atoms with Gasteiger partial charge >= 0.3 is 0 Å². The highest BCUT2D eigenvalue weighted by Crippen LogP contribution is 2.20. The zero-order chi connectivity index (χ0) is 19.5. The third-order valence-corrected chi connectivity index (χ3v) is 5.42. The molecule has 6 nitrogen and oxygen atoms in total. The molecular formula is C20H23ClN4O2S. The molecule has 0 amide bonds. The monoisotopic (exact) mass is 418 g/mol. The Kier molecular flexibility index (Phi) is 5.87. The first-order valence-corrected chi connectivity index (χ1v) is 10.1. The third-order valence-electron chi connectivity index (χ3n) is 4.96. The highest BCUT2D eigenvalue weighted by atomic mass is 35.5. The summed E-state index contributed by atoms with van der Waals surface area (Å²) in [5.74, 6) is 0.712. The summed E-state index contributed by atoms with van der Waals surface area (Å²) in [6, 6.07) is 13.6. The van der Waals surface area contributed by atoms with Crippen molar-refractivity contribution >= 4 is 40.5 Å². The Hall–Kier alpha value is -2.06. The Bertz CT molecular complexity index is 980. The van der Waals surface area contributed by atoms with Crippen molar-refractivity contribution in [3.63, 3.8) is 0 Å². The van der Waals surface area contributed by atoms with E-state index < -0.39 is 6.10 Å². The van der Waals surface area contributed by atoms with Gasteiger partial charge in [-0.3, -0.25) is 4.90 Å². The van der Waals surface area contributed by atoms with Crippen LogP contribution in [0.25, 0.3) is 11.0 Å². The summed E-state index contributed by atoms with van der Waals surface area (Å²) in [6.07, 6.45) is -0.539. The number of hydrogen-bond acceptors (Lipinski definition) is 5. The van der Waals surface area contributed by atoms with E-state index in [9.17, 15) is 5.11 Å². The number of aliphatic hydroxyl groups is 1. The van der Waals surface area contributed by atoms with E-state index in [-0.39, 0.29) is 6.61 Å². The molecule has 2 aromatic carbocycles. The molecule has 0 radical (unpaired) electrons. The van der Waals surface area contributed by atoms with Crippen LogP contribution in [0, 0.1) is 4.77 Å². The second kappa shape index (κ2) is 8.53. The third kappa shape index (κ3) is 4.67. The predicted molar refractivity (Wildman–Crippen MR) is 115 cm³/mol. The summed E-state index contributed by atoms with van der Waals surface area (Å²) < 4.78 is 6.35. The Labute approximate surface area is 173 Å². The summed E-state index contributed by atoms with van der Waals surface area (Å²) in [5, 5.41) is 11.1. The van der Waals surface area contributed by atoms with Gasteiger partial charge in [-0.05, 0) is 48.6 Å². The number of fused-ring (bicyclic) bond motifs is 1. The van der Waals surface area contributed by atoms with Crippen molar-refractivity contribution in [1.82, 2.24) is 14.9 Å². The molecule has 1 saturated heterocycles. The van der Waals surface area contributed by atoms with Crippen LogP contribution in [0.5, 0.6) is 5.75 Å². The van der Waals surface area contributed by atoms with Crippen molar-refractivity contribution in [2.45, 2.75) is 6.10 Å². The number of anilines is 1. The minimum Gasteiger partial charge on any atom is -0.491 e. The number of hydrogen-bond donors (Lipinski definition) is 3. The van der Waals surface area contributed by atoms with E-state index >= 15 is 0 Å². The molecule has 148 valence electrons. The van der Waals surface area contributed by atoms with Gasteiger partial charge in [0.25, 0.3) is 0 Å². The second-order valence-corrected chi connectivity index (χ2v) is 7.86. The maximum Gasteiger partial charge on any atom is 0.175 e. The Balaban J connectivity index is 1.24. The molecule has 28 heavy (non-hydrogen) atoms. The lowest BCUT2D eigenvalue weighted by molar-refractivity contribution is 0.0663. The molecule has 3 N–H and O–H groups in total. The van der Waals surface area contributed by atoms with Gasteiger partial charge in [0.1, 0.15) is 18.5 Å². The summed E-state index contributed by atoms with van der Waals surface area (Å²) in [6.45, 7) is 4.53. The number of aromatic nitrogens is 2. The molecule has 4 rings (SSSR count). The zero-order valence-electron chi connectivity index (χ0n) is 15.4. The second-order valence-electron chi connectivity index (χ2n) is 7.02. The Morgan fingerprint density at radius 1 is 1.04 bits per heavy atom.